The van der Waals surface area contributed by atoms with Gasteiger partial charge in [0.05, 0.1) is 6.61 Å². The van der Waals surface area contributed by atoms with E-state index in [0.29, 0.717) is 6.61 Å². The normalized spacial score (nSPS) is 49.5. The highest BCUT2D eigenvalue weighted by Crippen LogP contribution is 2.40. The molecule has 3 saturated heterocycles. The molecule has 0 spiro atoms. The summed E-state index contributed by atoms with van der Waals surface area (Å²) in [4.78, 5) is 0. The van der Waals surface area contributed by atoms with Crippen molar-refractivity contribution < 1.29 is 28.8 Å². The van der Waals surface area contributed by atoms with Crippen LogP contribution in [0.3, 0.4) is 0 Å². The molecule has 6 heteroatoms. The standard InChI is InChI=1S/C12H20O6/c1-11(2)14-5-6-8(16-11)7(13)9-10(15-6)18-12(3,4)17-9/h6-10,13H,5H2,1-4H3/t6-,7+,8-,9-,10?/m1/s1. The number of aliphatic hydroxyl groups is 1. The van der Waals surface area contributed by atoms with Crippen LogP contribution in [0.15, 0.2) is 0 Å². The molecule has 0 amide bonds. The van der Waals surface area contributed by atoms with Crippen molar-refractivity contribution in [3.05, 3.63) is 0 Å². The fourth-order valence-electron chi connectivity index (χ4n) is 2.67. The molecule has 104 valence electrons. The summed E-state index contributed by atoms with van der Waals surface area (Å²) in [6.07, 6.45) is -2.64. The molecule has 0 aromatic carbocycles. The third-order valence-corrected chi connectivity index (χ3v) is 3.45. The van der Waals surface area contributed by atoms with Crippen LogP contribution in [0.4, 0.5) is 0 Å². The van der Waals surface area contributed by atoms with Crippen LogP contribution in [0.2, 0.25) is 0 Å². The van der Waals surface area contributed by atoms with E-state index in [4.69, 9.17) is 23.7 Å². The Kier molecular flexibility index (Phi) is 2.75. The number of hydrogen-bond donors (Lipinski definition) is 1. The molecule has 3 rings (SSSR count). The van der Waals surface area contributed by atoms with E-state index in [1.165, 1.54) is 0 Å². The molecule has 1 unspecified atom stereocenters. The predicted molar refractivity (Wildman–Crippen MR) is 59.6 cm³/mol. The van der Waals surface area contributed by atoms with E-state index in [-0.39, 0.29) is 6.10 Å². The molecule has 3 heterocycles. The summed E-state index contributed by atoms with van der Waals surface area (Å²) < 4.78 is 28.3. The van der Waals surface area contributed by atoms with E-state index in [1.54, 1.807) is 13.8 Å². The maximum atomic E-state index is 10.4. The number of aliphatic hydroxyl groups excluding tert-OH is 1. The van der Waals surface area contributed by atoms with Gasteiger partial charge >= 0.3 is 0 Å². The Morgan fingerprint density at radius 2 is 1.61 bits per heavy atom. The lowest BCUT2D eigenvalue weighted by Gasteiger charge is -2.47. The third-order valence-electron chi connectivity index (χ3n) is 3.45. The Labute approximate surface area is 106 Å². The van der Waals surface area contributed by atoms with E-state index >= 15 is 0 Å². The monoisotopic (exact) mass is 260 g/mol. The van der Waals surface area contributed by atoms with Gasteiger partial charge in [0.25, 0.3) is 0 Å². The van der Waals surface area contributed by atoms with Crippen LogP contribution in [-0.2, 0) is 23.7 Å². The average molecular weight is 260 g/mol. The predicted octanol–water partition coefficient (Wildman–Crippen LogP) is 0.375. The second-order valence-electron chi connectivity index (χ2n) is 5.93. The first-order chi connectivity index (χ1) is 8.27. The van der Waals surface area contributed by atoms with Gasteiger partial charge in [-0.25, -0.2) is 0 Å². The van der Waals surface area contributed by atoms with E-state index in [2.05, 4.69) is 0 Å². The molecule has 0 aromatic heterocycles. The highest BCUT2D eigenvalue weighted by atomic mass is 16.8. The zero-order chi connectivity index (χ0) is 13.1. The van der Waals surface area contributed by atoms with Crippen LogP contribution in [0.25, 0.3) is 0 Å². The lowest BCUT2D eigenvalue weighted by Crippen LogP contribution is -2.63. The van der Waals surface area contributed by atoms with E-state index in [1.807, 2.05) is 13.8 Å². The van der Waals surface area contributed by atoms with E-state index in [0.717, 1.165) is 0 Å². The molecule has 18 heavy (non-hydrogen) atoms. The Bertz CT molecular complexity index is 339. The van der Waals surface area contributed by atoms with Crippen LogP contribution < -0.4 is 0 Å². The van der Waals surface area contributed by atoms with Crippen LogP contribution in [-0.4, -0.2) is 54.0 Å². The van der Waals surface area contributed by atoms with Gasteiger partial charge in [0.2, 0.25) is 0 Å². The van der Waals surface area contributed by atoms with Gasteiger partial charge in [-0.3, -0.25) is 0 Å². The van der Waals surface area contributed by atoms with Crippen LogP contribution in [0.5, 0.6) is 0 Å². The third kappa shape index (κ3) is 2.07. The van der Waals surface area contributed by atoms with Crippen molar-refractivity contribution in [2.24, 2.45) is 0 Å². The van der Waals surface area contributed by atoms with Gasteiger partial charge in [-0.1, -0.05) is 0 Å². The smallest absolute Gasteiger partial charge is 0.190 e. The molecule has 6 nitrogen and oxygen atoms in total. The average Bonchev–Trinajstić information content (AvgIpc) is 2.54. The van der Waals surface area contributed by atoms with Crippen molar-refractivity contribution in [1.82, 2.24) is 0 Å². The molecule has 3 fully saturated rings. The first-order valence-corrected chi connectivity index (χ1v) is 6.28. The molecule has 3 aliphatic heterocycles. The summed E-state index contributed by atoms with van der Waals surface area (Å²) in [7, 11) is 0. The molecular weight excluding hydrogens is 240 g/mol. The van der Waals surface area contributed by atoms with Gasteiger partial charge in [0.1, 0.15) is 24.4 Å². The molecule has 0 radical (unpaired) electrons. The van der Waals surface area contributed by atoms with Gasteiger partial charge < -0.3 is 28.8 Å². The molecule has 1 N–H and O–H groups in total. The van der Waals surface area contributed by atoms with Crippen LogP contribution >= 0.6 is 0 Å². The minimum Gasteiger partial charge on any atom is -0.387 e. The second kappa shape index (κ2) is 3.88. The number of rotatable bonds is 0. The van der Waals surface area contributed by atoms with Gasteiger partial charge in [0, 0.05) is 0 Å². The Morgan fingerprint density at radius 1 is 0.944 bits per heavy atom. The zero-order valence-electron chi connectivity index (χ0n) is 11.1. The molecule has 3 aliphatic rings. The lowest BCUT2D eigenvalue weighted by molar-refractivity contribution is -0.365. The highest BCUT2D eigenvalue weighted by molar-refractivity contribution is 4.97. The maximum absolute atomic E-state index is 10.4. The Morgan fingerprint density at radius 3 is 2.33 bits per heavy atom. The number of fused-ring (bicyclic) bond motifs is 2. The first-order valence-electron chi connectivity index (χ1n) is 6.28. The van der Waals surface area contributed by atoms with Crippen molar-refractivity contribution in [3.63, 3.8) is 0 Å². The van der Waals surface area contributed by atoms with Crippen LogP contribution in [0.1, 0.15) is 27.7 Å². The fourth-order valence-corrected chi connectivity index (χ4v) is 2.67. The second-order valence-corrected chi connectivity index (χ2v) is 5.93. The minimum atomic E-state index is -0.779. The summed E-state index contributed by atoms with van der Waals surface area (Å²) in [5.74, 6) is -1.46. The molecule has 0 bridgehead atoms. The molecule has 5 atom stereocenters. The summed E-state index contributed by atoms with van der Waals surface area (Å²) in [5, 5.41) is 10.4. The molecule has 0 saturated carbocycles. The van der Waals surface area contributed by atoms with E-state index < -0.39 is 36.2 Å². The zero-order valence-corrected chi connectivity index (χ0v) is 11.1. The van der Waals surface area contributed by atoms with Crippen molar-refractivity contribution in [2.45, 2.75) is 70.0 Å². The SMILES string of the molecule is CC1(C)OC[C@H]2OC3OC(C)(C)O[C@@H]3[C@@H](O)[C@@H]2O1. The topological polar surface area (TPSA) is 66.4 Å². The quantitative estimate of drug-likeness (QED) is 0.679. The highest BCUT2D eigenvalue weighted by Gasteiger charge is 2.57. The number of hydrogen-bond acceptors (Lipinski definition) is 6. The minimum absolute atomic E-state index is 0.327. The van der Waals surface area contributed by atoms with Gasteiger partial charge in [-0.05, 0) is 27.7 Å². The van der Waals surface area contributed by atoms with Crippen molar-refractivity contribution >= 4 is 0 Å². The fraction of sp³-hybridized carbons (Fsp3) is 1.00. The number of ether oxygens (including phenoxy) is 5. The van der Waals surface area contributed by atoms with E-state index in [9.17, 15) is 5.11 Å². The van der Waals surface area contributed by atoms with Crippen molar-refractivity contribution in [1.29, 1.82) is 0 Å². The molecular formula is C12H20O6. The van der Waals surface area contributed by atoms with Gasteiger partial charge in [-0.2, -0.15) is 0 Å². The summed E-state index contributed by atoms with van der Waals surface area (Å²) in [5.41, 5.74) is 0. The lowest BCUT2D eigenvalue weighted by atomic mass is 9.97. The summed E-state index contributed by atoms with van der Waals surface area (Å²) >= 11 is 0. The van der Waals surface area contributed by atoms with Crippen LogP contribution in [0, 0.1) is 0 Å². The van der Waals surface area contributed by atoms with Crippen molar-refractivity contribution in [3.8, 4) is 0 Å². The maximum Gasteiger partial charge on any atom is 0.190 e. The van der Waals surface area contributed by atoms with Gasteiger partial charge in [-0.15, -0.1) is 0 Å². The first kappa shape index (κ1) is 12.8. The van der Waals surface area contributed by atoms with Gasteiger partial charge in [0.15, 0.2) is 17.9 Å². The largest absolute Gasteiger partial charge is 0.387 e. The Hall–Kier alpha value is -0.240. The summed E-state index contributed by atoms with van der Waals surface area (Å²) in [6.45, 7) is 7.61. The van der Waals surface area contributed by atoms with Crippen molar-refractivity contribution in [2.75, 3.05) is 6.61 Å². The Balaban J connectivity index is 1.80. The summed E-state index contributed by atoms with van der Waals surface area (Å²) in [6, 6.07) is 0. The molecule has 0 aliphatic carbocycles. The molecule has 0 aromatic rings.